The monoisotopic (exact) mass is 340 g/mol. The number of rotatable bonds is 6. The van der Waals surface area contributed by atoms with E-state index < -0.39 is 12.2 Å². The van der Waals surface area contributed by atoms with Crippen molar-refractivity contribution >= 4 is 35.1 Å². The molecule has 0 fully saturated rings. The molecule has 0 amide bonds. The van der Waals surface area contributed by atoms with Crippen LogP contribution in [-0.4, -0.2) is 13.2 Å². The van der Waals surface area contributed by atoms with Gasteiger partial charge in [-0.25, -0.2) is 0 Å². The van der Waals surface area contributed by atoms with Crippen molar-refractivity contribution in [1.29, 1.82) is 0 Å². The normalized spacial score (nSPS) is 13.6. The van der Waals surface area contributed by atoms with Crippen molar-refractivity contribution in [1.82, 2.24) is 0 Å². The molecule has 1 unspecified atom stereocenters. The zero-order chi connectivity index (χ0) is 12.9. The number of halogens is 2. The SMILES string of the molecule is CCOP(=O)(OCC)C(Br)c1cccc(Cl)c1. The van der Waals surface area contributed by atoms with E-state index in [2.05, 4.69) is 15.9 Å². The van der Waals surface area contributed by atoms with Gasteiger partial charge < -0.3 is 9.05 Å². The smallest absolute Gasteiger partial charge is 0.308 e. The van der Waals surface area contributed by atoms with Gasteiger partial charge in [0.1, 0.15) is 4.57 Å². The molecule has 1 aromatic carbocycles. The average molecular weight is 342 g/mol. The molecular formula is C11H15BrClO3P. The molecule has 1 rings (SSSR count). The molecule has 3 nitrogen and oxygen atoms in total. The van der Waals surface area contributed by atoms with Crippen LogP contribution < -0.4 is 0 Å². The van der Waals surface area contributed by atoms with Crippen LogP contribution in [0.2, 0.25) is 5.02 Å². The summed E-state index contributed by atoms with van der Waals surface area (Å²) < 4.78 is 22.5. The zero-order valence-corrected chi connectivity index (χ0v) is 13.0. The third-order valence-electron chi connectivity index (χ3n) is 2.02. The lowest BCUT2D eigenvalue weighted by Crippen LogP contribution is -2.01. The Morgan fingerprint density at radius 3 is 2.41 bits per heavy atom. The maximum Gasteiger partial charge on any atom is 0.348 e. The summed E-state index contributed by atoms with van der Waals surface area (Å²) in [5.74, 6) is 0. The van der Waals surface area contributed by atoms with Gasteiger partial charge in [0.15, 0.2) is 0 Å². The quantitative estimate of drug-likeness (QED) is 0.539. The summed E-state index contributed by atoms with van der Waals surface area (Å²) in [6.07, 6.45) is 0. The van der Waals surface area contributed by atoms with E-state index in [0.717, 1.165) is 5.56 Å². The van der Waals surface area contributed by atoms with Gasteiger partial charge in [0, 0.05) is 5.02 Å². The second kappa shape index (κ2) is 6.91. The minimum Gasteiger partial charge on any atom is -0.308 e. The predicted octanol–water partition coefficient (Wildman–Crippen LogP) is 5.00. The standard InChI is InChI=1S/C11H15BrClO3P/c1-3-15-17(14,16-4-2)11(12)9-6-5-7-10(13)8-9/h5-8,11H,3-4H2,1-2H3. The Morgan fingerprint density at radius 1 is 1.35 bits per heavy atom. The Morgan fingerprint density at radius 2 is 1.94 bits per heavy atom. The first kappa shape index (κ1) is 15.2. The molecule has 0 aliphatic rings. The summed E-state index contributed by atoms with van der Waals surface area (Å²) in [5, 5.41) is 0.589. The highest BCUT2D eigenvalue weighted by Crippen LogP contribution is 2.64. The lowest BCUT2D eigenvalue weighted by Gasteiger charge is -2.22. The molecule has 0 bridgehead atoms. The molecule has 0 radical (unpaired) electrons. The lowest BCUT2D eigenvalue weighted by atomic mass is 10.2. The van der Waals surface area contributed by atoms with Gasteiger partial charge in [-0.05, 0) is 31.5 Å². The van der Waals surface area contributed by atoms with Gasteiger partial charge in [-0.1, -0.05) is 39.7 Å². The Bertz CT molecular complexity index is 403. The largest absolute Gasteiger partial charge is 0.348 e. The average Bonchev–Trinajstić information content (AvgIpc) is 2.28. The maximum absolute atomic E-state index is 12.5. The van der Waals surface area contributed by atoms with Crippen LogP contribution in [-0.2, 0) is 13.6 Å². The Hall–Kier alpha value is 0.140. The van der Waals surface area contributed by atoms with Crippen molar-refractivity contribution in [2.24, 2.45) is 0 Å². The van der Waals surface area contributed by atoms with Gasteiger partial charge in [-0.3, -0.25) is 4.57 Å². The van der Waals surface area contributed by atoms with Gasteiger partial charge in [0.2, 0.25) is 0 Å². The van der Waals surface area contributed by atoms with Crippen LogP contribution in [0, 0.1) is 0 Å². The van der Waals surface area contributed by atoms with Crippen LogP contribution in [0.3, 0.4) is 0 Å². The van der Waals surface area contributed by atoms with E-state index in [0.29, 0.717) is 18.2 Å². The highest BCUT2D eigenvalue weighted by molar-refractivity contribution is 9.10. The van der Waals surface area contributed by atoms with E-state index in [4.69, 9.17) is 20.6 Å². The number of hydrogen-bond acceptors (Lipinski definition) is 3. The molecule has 0 aromatic heterocycles. The van der Waals surface area contributed by atoms with E-state index >= 15 is 0 Å². The minimum absolute atomic E-state index is 0.333. The zero-order valence-electron chi connectivity index (χ0n) is 9.73. The second-order valence-electron chi connectivity index (χ2n) is 3.27. The molecule has 1 atom stereocenters. The maximum atomic E-state index is 12.5. The summed E-state index contributed by atoms with van der Waals surface area (Å²) in [4.78, 5) is 0. The second-order valence-corrected chi connectivity index (χ2v) is 7.44. The summed E-state index contributed by atoms with van der Waals surface area (Å²) in [6.45, 7) is 4.23. The van der Waals surface area contributed by atoms with Crippen LogP contribution in [0.5, 0.6) is 0 Å². The van der Waals surface area contributed by atoms with Crippen molar-refractivity contribution in [2.45, 2.75) is 18.4 Å². The number of alkyl halides is 1. The van der Waals surface area contributed by atoms with Crippen LogP contribution in [0.4, 0.5) is 0 Å². The molecule has 6 heteroatoms. The fourth-order valence-electron chi connectivity index (χ4n) is 1.37. The fourth-order valence-corrected chi connectivity index (χ4v) is 4.14. The van der Waals surface area contributed by atoms with E-state index in [9.17, 15) is 4.57 Å². The van der Waals surface area contributed by atoms with Gasteiger partial charge in [-0.2, -0.15) is 0 Å². The molecular weight excluding hydrogens is 326 g/mol. The van der Waals surface area contributed by atoms with E-state index in [1.807, 2.05) is 6.07 Å². The molecule has 0 saturated heterocycles. The fraction of sp³-hybridized carbons (Fsp3) is 0.455. The van der Waals surface area contributed by atoms with Gasteiger partial charge in [-0.15, -0.1) is 0 Å². The first-order valence-electron chi connectivity index (χ1n) is 5.31. The van der Waals surface area contributed by atoms with Crippen molar-refractivity contribution in [3.63, 3.8) is 0 Å². The summed E-state index contributed by atoms with van der Waals surface area (Å²) in [7, 11) is -3.19. The molecule has 0 spiro atoms. The van der Waals surface area contributed by atoms with E-state index in [-0.39, 0.29) is 0 Å². The molecule has 0 saturated carbocycles. The molecule has 1 aromatic rings. The Kier molecular flexibility index (Phi) is 6.18. The van der Waals surface area contributed by atoms with Gasteiger partial charge >= 0.3 is 7.60 Å². The lowest BCUT2D eigenvalue weighted by molar-refractivity contribution is 0.219. The van der Waals surface area contributed by atoms with Crippen LogP contribution in [0.25, 0.3) is 0 Å². The van der Waals surface area contributed by atoms with E-state index in [1.165, 1.54) is 0 Å². The topological polar surface area (TPSA) is 35.5 Å². The van der Waals surface area contributed by atoms with Crippen molar-refractivity contribution in [3.8, 4) is 0 Å². The summed E-state index contributed by atoms with van der Waals surface area (Å²) >= 11 is 9.27. The summed E-state index contributed by atoms with van der Waals surface area (Å²) in [6, 6.07) is 7.13. The molecule has 17 heavy (non-hydrogen) atoms. The van der Waals surface area contributed by atoms with Crippen molar-refractivity contribution < 1.29 is 13.6 Å². The molecule has 96 valence electrons. The van der Waals surface area contributed by atoms with E-state index in [1.54, 1.807) is 32.0 Å². The highest BCUT2D eigenvalue weighted by atomic mass is 79.9. The Balaban J connectivity index is 2.99. The third kappa shape index (κ3) is 4.08. The minimum atomic E-state index is -3.19. The van der Waals surface area contributed by atoms with Crippen molar-refractivity contribution in [3.05, 3.63) is 34.9 Å². The van der Waals surface area contributed by atoms with Gasteiger partial charge in [0.05, 0.1) is 13.2 Å². The molecule has 0 N–H and O–H groups in total. The number of benzene rings is 1. The van der Waals surface area contributed by atoms with Crippen LogP contribution in [0.15, 0.2) is 24.3 Å². The third-order valence-corrected chi connectivity index (χ3v) is 6.38. The highest BCUT2D eigenvalue weighted by Gasteiger charge is 2.34. The Labute approximate surface area is 115 Å². The number of hydrogen-bond donors (Lipinski definition) is 0. The first-order chi connectivity index (χ1) is 8.03. The summed E-state index contributed by atoms with van der Waals surface area (Å²) in [5.41, 5.74) is 0.780. The molecule has 0 aliphatic carbocycles. The molecule has 0 heterocycles. The van der Waals surface area contributed by atoms with Crippen molar-refractivity contribution in [2.75, 3.05) is 13.2 Å². The first-order valence-corrected chi connectivity index (χ1v) is 8.22. The van der Waals surface area contributed by atoms with Crippen LogP contribution >= 0.6 is 35.1 Å². The predicted molar refractivity (Wildman–Crippen MR) is 74.0 cm³/mol. The molecule has 0 aliphatic heterocycles. The van der Waals surface area contributed by atoms with Gasteiger partial charge in [0.25, 0.3) is 0 Å². The van der Waals surface area contributed by atoms with Crippen LogP contribution in [0.1, 0.15) is 24.0 Å².